The van der Waals surface area contributed by atoms with E-state index in [2.05, 4.69) is 73.6 Å². The van der Waals surface area contributed by atoms with Gasteiger partial charge in [-0.2, -0.15) is 9.97 Å². The average molecular weight is 475 g/mol. The highest BCUT2D eigenvalue weighted by Crippen LogP contribution is 2.28. The van der Waals surface area contributed by atoms with E-state index in [9.17, 15) is 4.79 Å². The van der Waals surface area contributed by atoms with Crippen LogP contribution in [-0.4, -0.2) is 71.1 Å². The van der Waals surface area contributed by atoms with Gasteiger partial charge in [-0.1, -0.05) is 6.58 Å². The zero-order valence-corrected chi connectivity index (χ0v) is 20.3. The van der Waals surface area contributed by atoms with Crippen LogP contribution >= 0.6 is 0 Å². The molecule has 184 valence electrons. The molecule has 5 rings (SSSR count). The van der Waals surface area contributed by atoms with Crippen LogP contribution in [0.25, 0.3) is 11.0 Å². The normalized spacial score (nSPS) is 21.0. The van der Waals surface area contributed by atoms with Crippen LogP contribution in [0.4, 0.5) is 23.1 Å². The summed E-state index contributed by atoms with van der Waals surface area (Å²) in [5.41, 5.74) is 2.97. The van der Waals surface area contributed by atoms with Gasteiger partial charge >= 0.3 is 0 Å². The van der Waals surface area contributed by atoms with Crippen molar-refractivity contribution in [1.82, 2.24) is 25.2 Å². The quantitative estimate of drug-likeness (QED) is 0.389. The summed E-state index contributed by atoms with van der Waals surface area (Å²) in [4.78, 5) is 29.2. The molecule has 1 aromatic carbocycles. The fourth-order valence-electron chi connectivity index (χ4n) is 4.96. The Morgan fingerprint density at radius 2 is 1.86 bits per heavy atom. The summed E-state index contributed by atoms with van der Waals surface area (Å²) < 4.78 is 0. The van der Waals surface area contributed by atoms with E-state index < -0.39 is 0 Å². The number of carbonyl (C=O) groups excluding carboxylic acids is 1. The third kappa shape index (κ3) is 5.57. The lowest BCUT2D eigenvalue weighted by Gasteiger charge is -2.34. The van der Waals surface area contributed by atoms with E-state index in [1.54, 1.807) is 0 Å². The number of amides is 1. The Kier molecular flexibility index (Phi) is 6.85. The number of nitrogens with one attached hydrogen (secondary N) is 4. The zero-order chi connectivity index (χ0) is 24.2. The number of aromatic nitrogens is 3. The largest absolute Gasteiger partial charge is 0.369 e. The topological polar surface area (TPSA) is 101 Å². The van der Waals surface area contributed by atoms with Crippen molar-refractivity contribution in [2.24, 2.45) is 0 Å². The number of rotatable bonds is 7. The Hall–Kier alpha value is -3.59. The number of likely N-dealkylation sites (N-methyl/N-ethyl adjacent to an activating group) is 1. The molecule has 0 spiro atoms. The molecule has 2 aromatic heterocycles. The van der Waals surface area contributed by atoms with Crippen molar-refractivity contribution in [2.45, 2.75) is 37.8 Å². The summed E-state index contributed by atoms with van der Waals surface area (Å²) in [5.74, 6) is 1.23. The molecular weight excluding hydrogens is 440 g/mol. The molecule has 4 N–H and O–H groups in total. The molecule has 2 fully saturated rings. The van der Waals surface area contributed by atoms with Crippen LogP contribution in [0, 0.1) is 0 Å². The van der Waals surface area contributed by atoms with Crippen molar-refractivity contribution in [1.29, 1.82) is 0 Å². The van der Waals surface area contributed by atoms with Gasteiger partial charge in [0.25, 0.3) is 0 Å². The number of fused-ring (bicyclic) bond motifs is 1. The van der Waals surface area contributed by atoms with Crippen LogP contribution in [0.5, 0.6) is 0 Å². The maximum Gasteiger partial charge on any atom is 0.243 e. The SMILES string of the molecule is C=CC(=O)NC1CCCC(Nc2nc(Nc3ccc(N4CCN(C)CC4)cc3)nc3[nH]ccc23)C1. The van der Waals surface area contributed by atoms with E-state index in [0.29, 0.717) is 5.95 Å². The number of hydrogen-bond acceptors (Lipinski definition) is 7. The van der Waals surface area contributed by atoms with Crippen LogP contribution in [0.15, 0.2) is 49.2 Å². The van der Waals surface area contributed by atoms with E-state index in [0.717, 1.165) is 74.4 Å². The second-order valence-corrected chi connectivity index (χ2v) is 9.52. The molecule has 9 heteroatoms. The van der Waals surface area contributed by atoms with Gasteiger partial charge in [0.15, 0.2) is 0 Å². The van der Waals surface area contributed by atoms with Crippen molar-refractivity contribution < 1.29 is 4.79 Å². The number of carbonyl (C=O) groups is 1. The van der Waals surface area contributed by atoms with Crippen molar-refractivity contribution in [2.75, 3.05) is 48.8 Å². The second kappa shape index (κ2) is 10.4. The smallest absolute Gasteiger partial charge is 0.243 e. The van der Waals surface area contributed by atoms with E-state index in [1.807, 2.05) is 12.3 Å². The predicted molar refractivity (Wildman–Crippen MR) is 141 cm³/mol. The zero-order valence-electron chi connectivity index (χ0n) is 20.3. The Bertz CT molecular complexity index is 1170. The first kappa shape index (κ1) is 23.2. The molecule has 3 heterocycles. The first-order valence-electron chi connectivity index (χ1n) is 12.4. The number of hydrogen-bond donors (Lipinski definition) is 4. The summed E-state index contributed by atoms with van der Waals surface area (Å²) in [7, 11) is 2.17. The van der Waals surface area contributed by atoms with Crippen molar-refractivity contribution in [3.63, 3.8) is 0 Å². The highest BCUT2D eigenvalue weighted by Gasteiger charge is 2.24. The molecule has 1 amide bonds. The third-order valence-electron chi connectivity index (χ3n) is 6.95. The molecular formula is C26H34N8O. The lowest BCUT2D eigenvalue weighted by molar-refractivity contribution is -0.117. The minimum absolute atomic E-state index is 0.115. The first-order valence-corrected chi connectivity index (χ1v) is 12.4. The minimum atomic E-state index is -0.115. The average Bonchev–Trinajstić information content (AvgIpc) is 3.34. The molecule has 2 atom stereocenters. The van der Waals surface area contributed by atoms with Crippen LogP contribution in [-0.2, 0) is 4.79 Å². The number of aromatic amines is 1. The maximum atomic E-state index is 11.7. The lowest BCUT2D eigenvalue weighted by atomic mass is 9.91. The standard InChI is InChI=1S/C26H34N8O/c1-3-23(35)28-19-5-4-6-20(17-19)29-25-22-11-12-27-24(22)31-26(32-25)30-18-7-9-21(10-8-18)34-15-13-33(2)14-16-34/h3,7-12,19-20H,1,4-6,13-17H2,2H3,(H,28,35)(H3,27,29,30,31,32). The Balaban J connectivity index is 1.28. The summed E-state index contributed by atoms with van der Waals surface area (Å²) >= 11 is 0. The second-order valence-electron chi connectivity index (χ2n) is 9.52. The van der Waals surface area contributed by atoms with Crippen LogP contribution in [0.1, 0.15) is 25.7 Å². The number of H-pyrrole nitrogens is 1. The fraction of sp³-hybridized carbons (Fsp3) is 0.423. The molecule has 1 aliphatic heterocycles. The maximum absolute atomic E-state index is 11.7. The number of piperazine rings is 1. The Morgan fingerprint density at radius 1 is 1.09 bits per heavy atom. The van der Waals surface area contributed by atoms with Crippen molar-refractivity contribution in [3.05, 3.63) is 49.2 Å². The third-order valence-corrected chi connectivity index (χ3v) is 6.95. The van der Waals surface area contributed by atoms with Crippen molar-refractivity contribution >= 4 is 40.1 Å². The lowest BCUT2D eigenvalue weighted by Crippen LogP contribution is -2.44. The molecule has 1 saturated carbocycles. The number of nitrogens with zero attached hydrogens (tertiary/aromatic N) is 4. The van der Waals surface area contributed by atoms with E-state index in [4.69, 9.17) is 4.98 Å². The van der Waals surface area contributed by atoms with Gasteiger partial charge in [0, 0.05) is 55.8 Å². The van der Waals surface area contributed by atoms with Gasteiger partial charge in [0.1, 0.15) is 11.5 Å². The van der Waals surface area contributed by atoms with Gasteiger partial charge in [0.2, 0.25) is 11.9 Å². The molecule has 0 radical (unpaired) electrons. The Morgan fingerprint density at radius 3 is 2.63 bits per heavy atom. The Labute approximate surface area is 206 Å². The molecule has 9 nitrogen and oxygen atoms in total. The highest BCUT2D eigenvalue weighted by molar-refractivity contribution is 5.88. The molecule has 2 aliphatic rings. The summed E-state index contributed by atoms with van der Waals surface area (Å²) in [6, 6.07) is 10.8. The highest BCUT2D eigenvalue weighted by atomic mass is 16.1. The molecule has 35 heavy (non-hydrogen) atoms. The van der Waals surface area contributed by atoms with Crippen LogP contribution < -0.4 is 20.9 Å². The molecule has 1 aliphatic carbocycles. The van der Waals surface area contributed by atoms with E-state index >= 15 is 0 Å². The monoisotopic (exact) mass is 474 g/mol. The van der Waals surface area contributed by atoms with Gasteiger partial charge in [0.05, 0.1) is 5.39 Å². The van der Waals surface area contributed by atoms with Crippen molar-refractivity contribution in [3.8, 4) is 0 Å². The summed E-state index contributed by atoms with van der Waals surface area (Å²) in [6.45, 7) is 7.82. The van der Waals surface area contributed by atoms with Gasteiger partial charge < -0.3 is 30.7 Å². The molecule has 3 aromatic rings. The van der Waals surface area contributed by atoms with Crippen LogP contribution in [0.3, 0.4) is 0 Å². The summed E-state index contributed by atoms with van der Waals surface area (Å²) in [5, 5.41) is 11.0. The van der Waals surface area contributed by atoms with E-state index in [1.165, 1.54) is 11.8 Å². The van der Waals surface area contributed by atoms with Gasteiger partial charge in [-0.15, -0.1) is 0 Å². The fourth-order valence-corrected chi connectivity index (χ4v) is 4.96. The van der Waals surface area contributed by atoms with E-state index in [-0.39, 0.29) is 18.0 Å². The first-order chi connectivity index (χ1) is 17.1. The molecule has 2 unspecified atom stereocenters. The molecule has 0 bridgehead atoms. The van der Waals surface area contributed by atoms with Gasteiger partial charge in [-0.25, -0.2) is 0 Å². The minimum Gasteiger partial charge on any atom is -0.369 e. The summed E-state index contributed by atoms with van der Waals surface area (Å²) in [6.07, 6.45) is 7.14. The molecule has 1 saturated heterocycles. The van der Waals surface area contributed by atoms with Gasteiger partial charge in [-0.3, -0.25) is 4.79 Å². The number of benzene rings is 1. The predicted octanol–water partition coefficient (Wildman–Crippen LogP) is 3.48. The van der Waals surface area contributed by atoms with Crippen LogP contribution in [0.2, 0.25) is 0 Å². The number of anilines is 4. The van der Waals surface area contributed by atoms with Gasteiger partial charge in [-0.05, 0) is 69.1 Å².